The number of benzene rings is 2. The first-order valence-corrected chi connectivity index (χ1v) is 7.39. The number of carbonyl (C=O) groups is 1. The lowest BCUT2D eigenvalue weighted by Crippen LogP contribution is -2.20. The Balaban J connectivity index is 1.98. The van der Waals surface area contributed by atoms with Crippen LogP contribution in [0.5, 0.6) is 5.75 Å². The van der Waals surface area contributed by atoms with Crippen molar-refractivity contribution in [1.29, 1.82) is 0 Å². The highest BCUT2D eigenvalue weighted by atomic mass is 35.5. The molecule has 2 aromatic carbocycles. The summed E-state index contributed by atoms with van der Waals surface area (Å²) < 4.78 is 5.23. The fourth-order valence-electron chi connectivity index (χ4n) is 1.90. The van der Waals surface area contributed by atoms with Crippen molar-refractivity contribution in [2.24, 2.45) is 0 Å². The van der Waals surface area contributed by atoms with Gasteiger partial charge in [-0.15, -0.1) is 0 Å². The smallest absolute Gasteiger partial charge is 0.244 e. The maximum atomic E-state index is 11.9. The Morgan fingerprint density at radius 1 is 1.18 bits per heavy atom. The number of ether oxygens (including phenoxy) is 1. The molecule has 0 aliphatic carbocycles. The highest BCUT2D eigenvalue weighted by molar-refractivity contribution is 6.42. The van der Waals surface area contributed by atoms with Crippen LogP contribution < -0.4 is 10.1 Å². The van der Waals surface area contributed by atoms with Gasteiger partial charge in [0.25, 0.3) is 0 Å². The van der Waals surface area contributed by atoms with Gasteiger partial charge in [-0.1, -0.05) is 53.5 Å². The molecule has 0 aliphatic heterocycles. The number of para-hydroxylation sites is 1. The van der Waals surface area contributed by atoms with Gasteiger partial charge in [-0.3, -0.25) is 4.79 Å². The van der Waals surface area contributed by atoms with Crippen LogP contribution in [-0.2, 0) is 11.3 Å². The van der Waals surface area contributed by atoms with Crippen LogP contribution in [0, 0.1) is 0 Å². The largest absolute Gasteiger partial charge is 0.496 e. The zero-order chi connectivity index (χ0) is 15.9. The van der Waals surface area contributed by atoms with Crippen LogP contribution in [-0.4, -0.2) is 13.0 Å². The van der Waals surface area contributed by atoms with Gasteiger partial charge in [0.05, 0.1) is 17.2 Å². The van der Waals surface area contributed by atoms with Crippen LogP contribution in [0.2, 0.25) is 10.0 Å². The molecule has 0 saturated carbocycles. The quantitative estimate of drug-likeness (QED) is 0.826. The standard InChI is InChI=1S/C17H15Cl2NO2/c1-22-15-8-3-2-5-13(15)11-20-16(21)10-9-12-6-4-7-14(18)17(12)19/h2-10H,11H2,1H3,(H,20,21)/b10-9+. The normalized spacial score (nSPS) is 10.7. The van der Waals surface area contributed by atoms with E-state index in [1.54, 1.807) is 31.4 Å². The molecular formula is C17H15Cl2NO2. The van der Waals surface area contributed by atoms with Gasteiger partial charge in [-0.25, -0.2) is 0 Å². The molecule has 5 heteroatoms. The van der Waals surface area contributed by atoms with E-state index < -0.39 is 0 Å². The highest BCUT2D eigenvalue weighted by Crippen LogP contribution is 2.26. The summed E-state index contributed by atoms with van der Waals surface area (Å²) in [7, 11) is 1.60. The summed E-state index contributed by atoms with van der Waals surface area (Å²) in [4.78, 5) is 11.9. The predicted molar refractivity (Wildman–Crippen MR) is 90.3 cm³/mol. The van der Waals surface area contributed by atoms with Gasteiger partial charge in [0, 0.05) is 18.2 Å². The number of nitrogens with one attached hydrogen (secondary N) is 1. The molecule has 0 unspecified atom stereocenters. The van der Waals surface area contributed by atoms with Gasteiger partial charge in [0.15, 0.2) is 0 Å². The van der Waals surface area contributed by atoms with Gasteiger partial charge in [-0.2, -0.15) is 0 Å². The minimum atomic E-state index is -0.220. The number of carbonyl (C=O) groups excluding carboxylic acids is 1. The van der Waals surface area contributed by atoms with Crippen LogP contribution in [0.15, 0.2) is 48.5 Å². The second-order valence-electron chi connectivity index (χ2n) is 4.51. The minimum absolute atomic E-state index is 0.220. The van der Waals surface area contributed by atoms with Gasteiger partial charge >= 0.3 is 0 Å². The molecule has 0 heterocycles. The molecule has 3 nitrogen and oxygen atoms in total. The van der Waals surface area contributed by atoms with Crippen LogP contribution in [0.1, 0.15) is 11.1 Å². The van der Waals surface area contributed by atoms with E-state index in [2.05, 4.69) is 5.32 Å². The third kappa shape index (κ3) is 4.26. The second kappa shape index (κ2) is 7.87. The van der Waals surface area contributed by atoms with Gasteiger partial charge in [0.1, 0.15) is 5.75 Å². The van der Waals surface area contributed by atoms with Crippen molar-refractivity contribution in [3.05, 3.63) is 69.7 Å². The van der Waals surface area contributed by atoms with E-state index in [9.17, 15) is 4.79 Å². The summed E-state index contributed by atoms with van der Waals surface area (Å²) in [6.45, 7) is 0.385. The summed E-state index contributed by atoms with van der Waals surface area (Å²) in [6, 6.07) is 12.8. The molecule has 0 atom stereocenters. The van der Waals surface area contributed by atoms with Crippen molar-refractivity contribution < 1.29 is 9.53 Å². The molecule has 0 radical (unpaired) electrons. The van der Waals surface area contributed by atoms with Crippen molar-refractivity contribution in [2.75, 3.05) is 7.11 Å². The number of hydrogen-bond acceptors (Lipinski definition) is 2. The average Bonchev–Trinajstić information content (AvgIpc) is 2.54. The lowest BCUT2D eigenvalue weighted by molar-refractivity contribution is -0.116. The maximum Gasteiger partial charge on any atom is 0.244 e. The van der Waals surface area contributed by atoms with Crippen molar-refractivity contribution in [1.82, 2.24) is 5.32 Å². The molecule has 1 N–H and O–H groups in total. The molecule has 114 valence electrons. The predicted octanol–water partition coefficient (Wildman–Crippen LogP) is 4.33. The summed E-state index contributed by atoms with van der Waals surface area (Å²) in [5.41, 5.74) is 1.61. The van der Waals surface area contributed by atoms with E-state index >= 15 is 0 Å². The van der Waals surface area contributed by atoms with E-state index in [0.29, 0.717) is 22.2 Å². The molecule has 0 bridgehead atoms. The Hall–Kier alpha value is -1.97. The SMILES string of the molecule is COc1ccccc1CNC(=O)/C=C/c1cccc(Cl)c1Cl. The lowest BCUT2D eigenvalue weighted by atomic mass is 10.2. The zero-order valence-electron chi connectivity index (χ0n) is 12.0. The Morgan fingerprint density at radius 3 is 2.73 bits per heavy atom. The van der Waals surface area contributed by atoms with Crippen molar-refractivity contribution >= 4 is 35.2 Å². The lowest BCUT2D eigenvalue weighted by Gasteiger charge is -2.08. The zero-order valence-corrected chi connectivity index (χ0v) is 13.5. The molecule has 2 rings (SSSR count). The third-order valence-corrected chi connectivity index (χ3v) is 3.87. The summed E-state index contributed by atoms with van der Waals surface area (Å²) in [5, 5.41) is 3.68. The fraction of sp³-hybridized carbons (Fsp3) is 0.118. The van der Waals surface area contributed by atoms with Gasteiger partial charge < -0.3 is 10.1 Å². The topological polar surface area (TPSA) is 38.3 Å². The Labute approximate surface area is 139 Å². The number of amides is 1. The fourth-order valence-corrected chi connectivity index (χ4v) is 2.28. The molecular weight excluding hydrogens is 321 g/mol. The molecule has 0 aliphatic rings. The third-order valence-electron chi connectivity index (χ3n) is 3.04. The van der Waals surface area contributed by atoms with Crippen LogP contribution in [0.25, 0.3) is 6.08 Å². The first-order valence-electron chi connectivity index (χ1n) is 6.63. The van der Waals surface area contributed by atoms with Crippen LogP contribution in [0.3, 0.4) is 0 Å². The molecule has 1 amide bonds. The molecule has 0 aromatic heterocycles. The second-order valence-corrected chi connectivity index (χ2v) is 5.29. The highest BCUT2D eigenvalue weighted by Gasteiger charge is 2.04. The van der Waals surface area contributed by atoms with E-state index in [0.717, 1.165) is 11.3 Å². The average molecular weight is 336 g/mol. The van der Waals surface area contributed by atoms with Crippen LogP contribution >= 0.6 is 23.2 Å². The number of rotatable bonds is 5. The molecule has 0 fully saturated rings. The van der Waals surface area contributed by atoms with E-state index in [1.165, 1.54) is 6.08 Å². The van der Waals surface area contributed by atoms with E-state index in [4.69, 9.17) is 27.9 Å². The van der Waals surface area contributed by atoms with E-state index in [1.807, 2.05) is 24.3 Å². The monoisotopic (exact) mass is 335 g/mol. The molecule has 0 saturated heterocycles. The Kier molecular flexibility index (Phi) is 5.87. The van der Waals surface area contributed by atoms with Gasteiger partial charge in [-0.05, 0) is 23.8 Å². The number of methoxy groups -OCH3 is 1. The summed E-state index contributed by atoms with van der Waals surface area (Å²) in [6.07, 6.45) is 3.05. The van der Waals surface area contributed by atoms with Crippen molar-refractivity contribution in [3.8, 4) is 5.75 Å². The van der Waals surface area contributed by atoms with Crippen molar-refractivity contribution in [2.45, 2.75) is 6.54 Å². The summed E-state index contributed by atoms with van der Waals surface area (Å²) in [5.74, 6) is 0.520. The first kappa shape index (κ1) is 16.4. The number of halogens is 2. The minimum Gasteiger partial charge on any atom is -0.496 e. The van der Waals surface area contributed by atoms with Crippen LogP contribution in [0.4, 0.5) is 0 Å². The van der Waals surface area contributed by atoms with E-state index in [-0.39, 0.29) is 5.91 Å². The Morgan fingerprint density at radius 2 is 1.95 bits per heavy atom. The van der Waals surface area contributed by atoms with Gasteiger partial charge in [0.2, 0.25) is 5.91 Å². The first-order chi connectivity index (χ1) is 10.6. The Bertz CT molecular complexity index is 699. The molecule has 0 spiro atoms. The summed E-state index contributed by atoms with van der Waals surface area (Å²) >= 11 is 12.0. The maximum absolute atomic E-state index is 11.9. The number of hydrogen-bond donors (Lipinski definition) is 1. The van der Waals surface area contributed by atoms with Crippen molar-refractivity contribution in [3.63, 3.8) is 0 Å². The molecule has 22 heavy (non-hydrogen) atoms. The molecule has 2 aromatic rings.